The van der Waals surface area contributed by atoms with Gasteiger partial charge < -0.3 is 19.9 Å². The molecule has 0 aliphatic carbocycles. The molecule has 6 nitrogen and oxygen atoms in total. The second kappa shape index (κ2) is 9.12. The predicted octanol–water partition coefficient (Wildman–Crippen LogP) is 4.49. The predicted molar refractivity (Wildman–Crippen MR) is 123 cm³/mol. The molecule has 1 aromatic heterocycles. The Kier molecular flexibility index (Phi) is 6.28. The molecule has 1 aliphatic heterocycles. The van der Waals surface area contributed by atoms with Gasteiger partial charge >= 0.3 is 0 Å². The largest absolute Gasteiger partial charge is 0.383 e. The third-order valence-corrected chi connectivity index (χ3v) is 5.70. The van der Waals surface area contributed by atoms with Crippen molar-refractivity contribution in [1.82, 2.24) is 14.5 Å². The molecule has 0 bridgehead atoms. The molecular formula is C25H29FN4O2. The van der Waals surface area contributed by atoms with Gasteiger partial charge in [0.2, 0.25) is 0 Å². The number of imidazole rings is 1. The number of aliphatic hydroxyl groups is 1. The monoisotopic (exact) mass is 436 g/mol. The molecule has 0 unspecified atom stereocenters. The first-order valence-electron chi connectivity index (χ1n) is 11.0. The zero-order valence-corrected chi connectivity index (χ0v) is 18.7. The van der Waals surface area contributed by atoms with E-state index in [9.17, 15) is 14.3 Å². The van der Waals surface area contributed by atoms with Gasteiger partial charge in [-0.25, -0.2) is 9.37 Å². The Hall–Kier alpha value is -3.19. The fourth-order valence-electron chi connectivity index (χ4n) is 3.99. The molecule has 2 N–H and O–H groups in total. The molecule has 0 saturated heterocycles. The second-order valence-electron chi connectivity index (χ2n) is 8.78. The van der Waals surface area contributed by atoms with Crippen molar-refractivity contribution in [2.24, 2.45) is 5.92 Å². The lowest BCUT2D eigenvalue weighted by Crippen LogP contribution is -2.44. The van der Waals surface area contributed by atoms with Crippen molar-refractivity contribution in [3.05, 3.63) is 65.7 Å². The third kappa shape index (κ3) is 4.67. The fraction of sp³-hybridized carbons (Fsp3) is 0.360. The van der Waals surface area contributed by atoms with E-state index in [-0.39, 0.29) is 17.6 Å². The SMILES string of the molecule is Cc1ccc(Nc2c(-c3ccc(F)cc3)nc3n2CCN(C(=O)[C@@H](O)CC(C)C)C3)cc1. The minimum Gasteiger partial charge on any atom is -0.383 e. The Morgan fingerprint density at radius 3 is 2.47 bits per heavy atom. The molecule has 168 valence electrons. The molecule has 1 atom stereocenters. The van der Waals surface area contributed by atoms with Crippen molar-refractivity contribution in [2.75, 3.05) is 11.9 Å². The van der Waals surface area contributed by atoms with Gasteiger partial charge in [-0.2, -0.15) is 0 Å². The van der Waals surface area contributed by atoms with E-state index in [2.05, 4.69) is 9.88 Å². The van der Waals surface area contributed by atoms with Gasteiger partial charge in [0.05, 0.1) is 6.54 Å². The van der Waals surface area contributed by atoms with E-state index in [0.29, 0.717) is 31.7 Å². The molecule has 0 spiro atoms. The number of amides is 1. The molecular weight excluding hydrogens is 407 g/mol. The first-order chi connectivity index (χ1) is 15.3. The highest BCUT2D eigenvalue weighted by Gasteiger charge is 2.30. The number of rotatable bonds is 6. The number of halogens is 1. The van der Waals surface area contributed by atoms with Crippen LogP contribution in [0.4, 0.5) is 15.9 Å². The van der Waals surface area contributed by atoms with Gasteiger partial charge in [-0.3, -0.25) is 4.79 Å². The number of benzene rings is 2. The summed E-state index contributed by atoms with van der Waals surface area (Å²) >= 11 is 0. The van der Waals surface area contributed by atoms with Crippen molar-refractivity contribution < 1.29 is 14.3 Å². The number of nitrogens with zero attached hydrogens (tertiary/aromatic N) is 3. The van der Waals surface area contributed by atoms with E-state index in [4.69, 9.17) is 4.98 Å². The van der Waals surface area contributed by atoms with Gasteiger partial charge in [0.25, 0.3) is 5.91 Å². The smallest absolute Gasteiger partial charge is 0.251 e. The van der Waals surface area contributed by atoms with Gasteiger partial charge in [-0.05, 0) is 55.7 Å². The van der Waals surface area contributed by atoms with E-state index in [0.717, 1.165) is 22.9 Å². The zero-order valence-electron chi connectivity index (χ0n) is 18.7. The molecule has 7 heteroatoms. The molecule has 0 radical (unpaired) electrons. The van der Waals surface area contributed by atoms with Crippen molar-refractivity contribution in [3.63, 3.8) is 0 Å². The van der Waals surface area contributed by atoms with Gasteiger partial charge in [-0.1, -0.05) is 31.5 Å². The van der Waals surface area contributed by atoms with Gasteiger partial charge in [0.1, 0.15) is 29.3 Å². The summed E-state index contributed by atoms with van der Waals surface area (Å²) < 4.78 is 15.6. The van der Waals surface area contributed by atoms with E-state index >= 15 is 0 Å². The molecule has 0 fully saturated rings. The minimum absolute atomic E-state index is 0.233. The lowest BCUT2D eigenvalue weighted by molar-refractivity contribution is -0.142. The van der Waals surface area contributed by atoms with Crippen LogP contribution in [0.15, 0.2) is 48.5 Å². The average Bonchev–Trinajstić information content (AvgIpc) is 3.12. The van der Waals surface area contributed by atoms with Crippen molar-refractivity contribution in [3.8, 4) is 11.3 Å². The number of carbonyl (C=O) groups excluding carboxylic acids is 1. The summed E-state index contributed by atoms with van der Waals surface area (Å²) in [5, 5.41) is 13.8. The van der Waals surface area contributed by atoms with Crippen LogP contribution < -0.4 is 5.32 Å². The summed E-state index contributed by atoms with van der Waals surface area (Å²) in [7, 11) is 0. The first kappa shape index (κ1) is 22.0. The van der Waals surface area contributed by atoms with Crippen LogP contribution in [0.25, 0.3) is 11.3 Å². The number of anilines is 2. The number of aryl methyl sites for hydroxylation is 1. The Bertz CT molecular complexity index is 1090. The molecule has 0 saturated carbocycles. The first-order valence-corrected chi connectivity index (χ1v) is 11.0. The minimum atomic E-state index is -1.00. The molecule has 1 amide bonds. The number of aromatic nitrogens is 2. The maximum absolute atomic E-state index is 13.5. The highest BCUT2D eigenvalue weighted by Crippen LogP contribution is 2.33. The number of carbonyl (C=O) groups is 1. The maximum Gasteiger partial charge on any atom is 0.251 e. The lowest BCUT2D eigenvalue weighted by atomic mass is 10.0. The highest BCUT2D eigenvalue weighted by atomic mass is 19.1. The molecule has 3 aromatic rings. The topological polar surface area (TPSA) is 70.4 Å². The van der Waals surface area contributed by atoms with E-state index in [1.54, 1.807) is 17.0 Å². The van der Waals surface area contributed by atoms with Crippen molar-refractivity contribution in [2.45, 2.75) is 46.4 Å². The summed E-state index contributed by atoms with van der Waals surface area (Å²) in [6, 6.07) is 14.3. The summed E-state index contributed by atoms with van der Waals surface area (Å²) in [4.78, 5) is 19.2. The lowest BCUT2D eigenvalue weighted by Gasteiger charge is -2.30. The summed E-state index contributed by atoms with van der Waals surface area (Å²) in [5.74, 6) is 1.21. The Balaban J connectivity index is 1.67. The quantitative estimate of drug-likeness (QED) is 0.597. The Morgan fingerprint density at radius 1 is 1.12 bits per heavy atom. The molecule has 32 heavy (non-hydrogen) atoms. The maximum atomic E-state index is 13.5. The van der Waals surface area contributed by atoms with Crippen LogP contribution in [-0.4, -0.2) is 38.1 Å². The van der Waals surface area contributed by atoms with Crippen LogP contribution in [0, 0.1) is 18.7 Å². The van der Waals surface area contributed by atoms with Crippen molar-refractivity contribution >= 4 is 17.4 Å². The normalized spacial score (nSPS) is 14.4. The van der Waals surface area contributed by atoms with Crippen LogP contribution >= 0.6 is 0 Å². The Morgan fingerprint density at radius 2 is 1.81 bits per heavy atom. The van der Waals surface area contributed by atoms with Crippen LogP contribution in [0.1, 0.15) is 31.7 Å². The number of aliphatic hydroxyl groups excluding tert-OH is 1. The van der Waals surface area contributed by atoms with Gasteiger partial charge in [-0.15, -0.1) is 0 Å². The molecule has 2 aromatic carbocycles. The van der Waals surface area contributed by atoms with Gasteiger partial charge in [0.15, 0.2) is 0 Å². The molecule has 1 aliphatic rings. The summed E-state index contributed by atoms with van der Waals surface area (Å²) in [5.41, 5.74) is 3.59. The van der Waals surface area contributed by atoms with E-state index < -0.39 is 6.10 Å². The van der Waals surface area contributed by atoms with Crippen LogP contribution in [0.3, 0.4) is 0 Å². The van der Waals surface area contributed by atoms with Crippen LogP contribution in [-0.2, 0) is 17.9 Å². The number of nitrogens with one attached hydrogen (secondary N) is 1. The van der Waals surface area contributed by atoms with Gasteiger partial charge in [0, 0.05) is 24.3 Å². The molecule has 2 heterocycles. The average molecular weight is 437 g/mol. The Labute approximate surface area is 187 Å². The molecule has 4 rings (SSSR count). The van der Waals surface area contributed by atoms with Crippen molar-refractivity contribution in [1.29, 1.82) is 0 Å². The summed E-state index contributed by atoms with van der Waals surface area (Å²) in [6.07, 6.45) is -0.566. The second-order valence-corrected chi connectivity index (χ2v) is 8.78. The third-order valence-electron chi connectivity index (χ3n) is 5.70. The number of hydrogen-bond donors (Lipinski definition) is 2. The number of hydrogen-bond acceptors (Lipinski definition) is 4. The fourth-order valence-corrected chi connectivity index (χ4v) is 3.99. The standard InChI is InChI=1S/C25H29FN4O2/c1-16(2)14-21(31)25(32)29-12-13-30-22(15-29)28-23(18-6-8-19(26)9-7-18)24(30)27-20-10-4-17(3)5-11-20/h4-11,16,21,27,31H,12-15H2,1-3H3/t21-/m0/s1. The van der Waals surface area contributed by atoms with Crippen LogP contribution in [0.2, 0.25) is 0 Å². The van der Waals surface area contributed by atoms with Crippen LogP contribution in [0.5, 0.6) is 0 Å². The summed E-state index contributed by atoms with van der Waals surface area (Å²) in [6.45, 7) is 7.36. The zero-order chi connectivity index (χ0) is 22.8. The van der Waals surface area contributed by atoms with E-state index in [1.165, 1.54) is 17.7 Å². The highest BCUT2D eigenvalue weighted by molar-refractivity contribution is 5.81. The van der Waals surface area contributed by atoms with E-state index in [1.807, 2.05) is 45.0 Å². The number of fused-ring (bicyclic) bond motifs is 1.